The van der Waals surface area contributed by atoms with Gasteiger partial charge in [-0.25, -0.2) is 9.59 Å². The van der Waals surface area contributed by atoms with Crippen molar-refractivity contribution >= 4 is 11.7 Å². The molecule has 11 heteroatoms. The Balaban J connectivity index is 2.04. The minimum absolute atomic E-state index is 0.132. The first-order valence-corrected chi connectivity index (χ1v) is 6.64. The van der Waals surface area contributed by atoms with Crippen LogP contribution in [0.4, 0.5) is 32.4 Å². The Labute approximate surface area is 136 Å². The molecule has 25 heavy (non-hydrogen) atoms. The van der Waals surface area contributed by atoms with E-state index in [2.05, 4.69) is 4.98 Å². The first kappa shape index (κ1) is 18.4. The second kappa shape index (κ2) is 6.87. The van der Waals surface area contributed by atoms with Gasteiger partial charge in [0, 0.05) is 18.0 Å². The van der Waals surface area contributed by atoms with Crippen LogP contribution in [0, 0.1) is 0 Å². The number of halogens is 5. The second-order valence-electron chi connectivity index (χ2n) is 4.75. The summed E-state index contributed by atoms with van der Waals surface area (Å²) in [7, 11) is 0. The Kier molecular flexibility index (Phi) is 5.04. The van der Waals surface area contributed by atoms with Crippen molar-refractivity contribution in [1.82, 2.24) is 10.3 Å². The van der Waals surface area contributed by atoms with Crippen LogP contribution in [0.3, 0.4) is 0 Å². The highest BCUT2D eigenvalue weighted by atomic mass is 19.4. The maximum atomic E-state index is 12.7. The Bertz CT molecular complexity index is 805. The van der Waals surface area contributed by atoms with Crippen LogP contribution < -0.4 is 16.3 Å². The van der Waals surface area contributed by atoms with Gasteiger partial charge >= 0.3 is 23.8 Å². The molecule has 0 aliphatic heterocycles. The lowest BCUT2D eigenvalue weighted by Gasteiger charge is -2.19. The van der Waals surface area contributed by atoms with Gasteiger partial charge in [0.25, 0.3) is 0 Å². The Morgan fingerprint density at radius 3 is 2.44 bits per heavy atom. The standard InChI is InChI=1S/C14H10F5N3O3/c15-13(16,14(17,18)19)7-21-12(24)22-9-3-4-10(25-11(9)23)8-2-1-5-20-6-8/h1-6H,7H2,(H2,21,22,24). The number of hydrogen-bond acceptors (Lipinski definition) is 4. The normalized spacial score (nSPS) is 11.9. The molecule has 0 saturated heterocycles. The molecule has 0 bridgehead atoms. The first-order valence-electron chi connectivity index (χ1n) is 6.64. The van der Waals surface area contributed by atoms with Gasteiger partial charge in [-0.05, 0) is 24.3 Å². The Morgan fingerprint density at radius 1 is 1.16 bits per heavy atom. The zero-order chi connectivity index (χ0) is 18.7. The molecule has 2 heterocycles. The number of alkyl halides is 5. The summed E-state index contributed by atoms with van der Waals surface area (Å²) in [5, 5.41) is 3.18. The molecule has 0 unspecified atom stereocenters. The number of hydrogen-bond donors (Lipinski definition) is 2. The molecule has 0 aliphatic carbocycles. The lowest BCUT2D eigenvalue weighted by atomic mass is 10.2. The number of aromatic nitrogens is 1. The van der Waals surface area contributed by atoms with Gasteiger partial charge in [-0.1, -0.05) is 0 Å². The van der Waals surface area contributed by atoms with Crippen LogP contribution in [0.25, 0.3) is 11.3 Å². The molecule has 2 aromatic rings. The van der Waals surface area contributed by atoms with Crippen molar-refractivity contribution < 1.29 is 31.2 Å². The molecule has 0 aromatic carbocycles. The summed E-state index contributed by atoms with van der Waals surface area (Å²) in [6.07, 6.45) is -2.89. The van der Waals surface area contributed by atoms with E-state index < -0.39 is 36.0 Å². The molecular formula is C14H10F5N3O3. The minimum atomic E-state index is -5.80. The fraction of sp³-hybridized carbons (Fsp3) is 0.214. The number of amides is 2. The minimum Gasteiger partial charge on any atom is -0.421 e. The molecule has 0 fully saturated rings. The zero-order valence-corrected chi connectivity index (χ0v) is 12.2. The van der Waals surface area contributed by atoms with Gasteiger partial charge in [-0.15, -0.1) is 0 Å². The second-order valence-corrected chi connectivity index (χ2v) is 4.75. The molecule has 0 aliphatic rings. The van der Waals surface area contributed by atoms with Crippen LogP contribution in [0.5, 0.6) is 0 Å². The molecule has 134 valence electrons. The lowest BCUT2D eigenvalue weighted by Crippen LogP contribution is -2.47. The maximum absolute atomic E-state index is 12.7. The van der Waals surface area contributed by atoms with E-state index in [9.17, 15) is 31.5 Å². The third-order valence-corrected chi connectivity index (χ3v) is 2.90. The number of carbonyl (C=O) groups excluding carboxylic acids is 1. The highest BCUT2D eigenvalue weighted by Crippen LogP contribution is 2.34. The van der Waals surface area contributed by atoms with Crippen LogP contribution in [0.1, 0.15) is 0 Å². The number of urea groups is 1. The summed E-state index contributed by atoms with van der Waals surface area (Å²) in [6, 6.07) is 4.21. The van der Waals surface area contributed by atoms with Crippen LogP contribution in [-0.4, -0.2) is 29.7 Å². The van der Waals surface area contributed by atoms with Crippen LogP contribution in [0.15, 0.2) is 45.9 Å². The number of pyridine rings is 1. The molecule has 0 atom stereocenters. The molecular weight excluding hydrogens is 353 g/mol. The van der Waals surface area contributed by atoms with Gasteiger partial charge in [0.05, 0.1) is 6.54 Å². The van der Waals surface area contributed by atoms with Crippen molar-refractivity contribution in [3.63, 3.8) is 0 Å². The van der Waals surface area contributed by atoms with Crippen LogP contribution in [-0.2, 0) is 0 Å². The summed E-state index contributed by atoms with van der Waals surface area (Å²) in [5.74, 6) is -4.97. The van der Waals surface area contributed by atoms with E-state index >= 15 is 0 Å². The molecule has 0 saturated carbocycles. The summed E-state index contributed by atoms with van der Waals surface area (Å²) >= 11 is 0. The number of rotatable bonds is 4. The molecule has 2 N–H and O–H groups in total. The largest absolute Gasteiger partial charge is 0.455 e. The van der Waals surface area contributed by atoms with Crippen molar-refractivity contribution in [3.8, 4) is 11.3 Å². The summed E-state index contributed by atoms with van der Waals surface area (Å²) < 4.78 is 66.3. The van der Waals surface area contributed by atoms with E-state index in [0.29, 0.717) is 5.56 Å². The summed E-state index contributed by atoms with van der Waals surface area (Å²) in [4.78, 5) is 27.0. The van der Waals surface area contributed by atoms with Gasteiger partial charge in [0.2, 0.25) is 0 Å². The lowest BCUT2D eigenvalue weighted by molar-refractivity contribution is -0.278. The smallest absolute Gasteiger partial charge is 0.421 e. The molecule has 0 radical (unpaired) electrons. The van der Waals surface area contributed by atoms with Gasteiger partial charge in [0.1, 0.15) is 11.4 Å². The predicted octanol–water partition coefficient (Wildman–Crippen LogP) is 3.02. The third-order valence-electron chi connectivity index (χ3n) is 2.90. The Hall–Kier alpha value is -2.98. The van der Waals surface area contributed by atoms with Crippen LogP contribution >= 0.6 is 0 Å². The van der Waals surface area contributed by atoms with Crippen molar-refractivity contribution in [3.05, 3.63) is 47.1 Å². The quantitative estimate of drug-likeness (QED) is 0.818. The van der Waals surface area contributed by atoms with Crippen molar-refractivity contribution in [1.29, 1.82) is 0 Å². The number of carbonyl (C=O) groups is 1. The van der Waals surface area contributed by atoms with Crippen molar-refractivity contribution in [2.75, 3.05) is 11.9 Å². The first-order chi connectivity index (χ1) is 11.6. The van der Waals surface area contributed by atoms with Gasteiger partial charge < -0.3 is 15.1 Å². The molecule has 6 nitrogen and oxygen atoms in total. The van der Waals surface area contributed by atoms with E-state index in [0.717, 1.165) is 6.07 Å². The van der Waals surface area contributed by atoms with E-state index in [1.54, 1.807) is 12.1 Å². The highest BCUT2D eigenvalue weighted by Gasteiger charge is 2.57. The van der Waals surface area contributed by atoms with E-state index in [1.165, 1.54) is 23.8 Å². The molecule has 2 rings (SSSR count). The predicted molar refractivity (Wildman–Crippen MR) is 76.2 cm³/mol. The summed E-state index contributed by atoms with van der Waals surface area (Å²) in [6.45, 7) is -1.97. The third kappa shape index (κ3) is 4.52. The number of nitrogens with zero attached hydrogens (tertiary/aromatic N) is 1. The van der Waals surface area contributed by atoms with Gasteiger partial charge in [-0.2, -0.15) is 22.0 Å². The molecule has 0 spiro atoms. The Morgan fingerprint density at radius 2 is 1.88 bits per heavy atom. The monoisotopic (exact) mass is 363 g/mol. The molecule has 2 amide bonds. The van der Waals surface area contributed by atoms with E-state index in [-0.39, 0.29) is 5.76 Å². The van der Waals surface area contributed by atoms with E-state index in [1.807, 2.05) is 5.32 Å². The van der Waals surface area contributed by atoms with Gasteiger partial charge in [-0.3, -0.25) is 4.98 Å². The average Bonchev–Trinajstić information content (AvgIpc) is 2.55. The van der Waals surface area contributed by atoms with Gasteiger partial charge in [0.15, 0.2) is 0 Å². The van der Waals surface area contributed by atoms with Crippen LogP contribution in [0.2, 0.25) is 0 Å². The highest BCUT2D eigenvalue weighted by molar-refractivity contribution is 5.89. The SMILES string of the molecule is O=C(NCC(F)(F)C(F)(F)F)Nc1ccc(-c2cccnc2)oc1=O. The van der Waals surface area contributed by atoms with E-state index in [4.69, 9.17) is 4.42 Å². The number of anilines is 1. The average molecular weight is 363 g/mol. The fourth-order valence-electron chi connectivity index (χ4n) is 1.63. The molecule has 2 aromatic heterocycles. The van der Waals surface area contributed by atoms with Crippen molar-refractivity contribution in [2.24, 2.45) is 0 Å². The summed E-state index contributed by atoms with van der Waals surface area (Å²) in [5.41, 5.74) is -0.972. The maximum Gasteiger partial charge on any atom is 0.455 e. The number of nitrogens with one attached hydrogen (secondary N) is 2. The fourth-order valence-corrected chi connectivity index (χ4v) is 1.63. The van der Waals surface area contributed by atoms with Crippen molar-refractivity contribution in [2.45, 2.75) is 12.1 Å². The zero-order valence-electron chi connectivity index (χ0n) is 12.2. The topological polar surface area (TPSA) is 84.2 Å².